The second-order valence-corrected chi connectivity index (χ2v) is 9.38. The number of morpholine rings is 1. The van der Waals surface area contributed by atoms with Crippen LogP contribution in [-0.4, -0.2) is 63.9 Å². The van der Waals surface area contributed by atoms with E-state index in [1.807, 2.05) is 61.1 Å². The Morgan fingerprint density at radius 3 is 2.67 bits per heavy atom. The molecule has 4 aromatic rings. The highest BCUT2D eigenvalue weighted by Gasteiger charge is 2.22. The van der Waals surface area contributed by atoms with Gasteiger partial charge in [-0.2, -0.15) is 5.10 Å². The van der Waals surface area contributed by atoms with Crippen molar-refractivity contribution in [2.75, 3.05) is 38.3 Å². The van der Waals surface area contributed by atoms with E-state index >= 15 is 0 Å². The zero-order valence-electron chi connectivity index (χ0n) is 20.7. The summed E-state index contributed by atoms with van der Waals surface area (Å²) in [5, 5.41) is 5.72. The number of nitrogens with zero attached hydrogens (tertiary/aromatic N) is 6. The van der Waals surface area contributed by atoms with Gasteiger partial charge in [-0.05, 0) is 44.2 Å². The number of hydrogen-bond donors (Lipinski definition) is 0. The van der Waals surface area contributed by atoms with Gasteiger partial charge >= 0.3 is 0 Å². The second-order valence-electron chi connectivity index (χ2n) is 8.94. The smallest absolute Gasteiger partial charge is 0.273 e. The van der Waals surface area contributed by atoms with Crippen LogP contribution in [0.1, 0.15) is 28.7 Å². The molecule has 36 heavy (non-hydrogen) atoms. The quantitative estimate of drug-likeness (QED) is 0.382. The molecule has 1 saturated heterocycles. The highest BCUT2D eigenvalue weighted by atomic mass is 35.5. The number of hydrogen-bond acceptors (Lipinski definition) is 6. The number of amides is 1. The molecular weight excluding hydrogens is 476 g/mol. The van der Waals surface area contributed by atoms with Gasteiger partial charge in [0.1, 0.15) is 5.69 Å². The number of aromatic nitrogens is 4. The van der Waals surface area contributed by atoms with Gasteiger partial charge in [0.05, 0.1) is 24.9 Å². The molecule has 0 atom stereocenters. The zero-order chi connectivity index (χ0) is 25.2. The Balaban J connectivity index is 1.57. The van der Waals surface area contributed by atoms with Gasteiger partial charge in [-0.3, -0.25) is 9.48 Å². The van der Waals surface area contributed by atoms with Gasteiger partial charge in [0.2, 0.25) is 0 Å². The third-order valence-corrected chi connectivity index (χ3v) is 6.84. The monoisotopic (exact) mass is 504 g/mol. The molecule has 0 unspecified atom stereocenters. The fourth-order valence-electron chi connectivity index (χ4n) is 4.52. The fourth-order valence-corrected chi connectivity index (χ4v) is 4.71. The fraction of sp³-hybridized carbons (Fsp3) is 0.333. The molecule has 1 aliphatic heterocycles. The Kier molecular flexibility index (Phi) is 6.89. The molecule has 5 rings (SSSR count). The van der Waals surface area contributed by atoms with Gasteiger partial charge in [0, 0.05) is 66.1 Å². The normalized spacial score (nSPS) is 13.8. The molecule has 0 radical (unpaired) electrons. The maximum atomic E-state index is 13.7. The lowest BCUT2D eigenvalue weighted by Crippen LogP contribution is -2.36. The maximum Gasteiger partial charge on any atom is 0.273 e. The van der Waals surface area contributed by atoms with E-state index in [0.717, 1.165) is 53.0 Å². The number of ether oxygens (including phenoxy) is 1. The van der Waals surface area contributed by atoms with Gasteiger partial charge < -0.3 is 14.5 Å². The first-order valence-electron chi connectivity index (χ1n) is 12.1. The van der Waals surface area contributed by atoms with Crippen molar-refractivity contribution in [2.24, 2.45) is 0 Å². The van der Waals surface area contributed by atoms with Crippen molar-refractivity contribution in [3.63, 3.8) is 0 Å². The van der Waals surface area contributed by atoms with Crippen LogP contribution in [0, 0.1) is 6.92 Å². The third kappa shape index (κ3) is 4.79. The predicted octanol–water partition coefficient (Wildman–Crippen LogP) is 4.58. The molecule has 186 valence electrons. The summed E-state index contributed by atoms with van der Waals surface area (Å²) in [6.45, 7) is 8.32. The average Bonchev–Trinajstić information content (AvgIpc) is 3.26. The molecule has 2 aromatic carbocycles. The van der Waals surface area contributed by atoms with Gasteiger partial charge in [-0.15, -0.1) is 0 Å². The van der Waals surface area contributed by atoms with Gasteiger partial charge in [0.15, 0.2) is 5.82 Å². The topological polar surface area (TPSA) is 76.4 Å². The Hall–Kier alpha value is -3.49. The average molecular weight is 505 g/mol. The molecule has 9 heteroatoms. The summed E-state index contributed by atoms with van der Waals surface area (Å²) >= 11 is 6.25. The van der Waals surface area contributed by atoms with Crippen LogP contribution in [0.15, 0.2) is 48.7 Å². The van der Waals surface area contributed by atoms with Crippen molar-refractivity contribution < 1.29 is 9.53 Å². The van der Waals surface area contributed by atoms with E-state index < -0.39 is 0 Å². The van der Waals surface area contributed by atoms with Crippen molar-refractivity contribution in [3.05, 3.63) is 70.6 Å². The Bertz CT molecular complexity index is 1410. The first-order chi connectivity index (χ1) is 17.4. The van der Waals surface area contributed by atoms with Crippen molar-refractivity contribution >= 4 is 34.1 Å². The number of carbonyl (C=O) groups is 1. The summed E-state index contributed by atoms with van der Waals surface area (Å²) in [7, 11) is 1.79. The van der Waals surface area contributed by atoms with Crippen molar-refractivity contribution in [2.45, 2.75) is 26.9 Å². The van der Waals surface area contributed by atoms with Crippen LogP contribution in [0.5, 0.6) is 0 Å². The van der Waals surface area contributed by atoms with Crippen molar-refractivity contribution in [1.29, 1.82) is 0 Å². The van der Waals surface area contributed by atoms with Crippen LogP contribution in [0.4, 0.5) is 5.69 Å². The minimum absolute atomic E-state index is 0.173. The van der Waals surface area contributed by atoms with E-state index in [9.17, 15) is 4.79 Å². The Labute approximate surface area is 215 Å². The standard InChI is InChI=1S/C27H29ClN6O2/c1-4-34-18(2)20(16-29-34)17-32(3)27(35)25-23-9-8-22(33-10-12-36-13-11-33)15-24(23)30-26(31-25)19-6-5-7-21(28)14-19/h5-9,14-16H,4,10-13,17H2,1-3H3. The lowest BCUT2D eigenvalue weighted by molar-refractivity contribution is 0.0781. The molecule has 8 nitrogen and oxygen atoms in total. The number of anilines is 1. The molecule has 0 aliphatic carbocycles. The largest absolute Gasteiger partial charge is 0.378 e. The summed E-state index contributed by atoms with van der Waals surface area (Å²) in [6, 6.07) is 13.4. The van der Waals surface area contributed by atoms with E-state index in [1.54, 1.807) is 18.0 Å². The van der Waals surface area contributed by atoms with Crippen LogP contribution in [0.25, 0.3) is 22.3 Å². The summed E-state index contributed by atoms with van der Waals surface area (Å²) in [6.07, 6.45) is 1.83. The third-order valence-electron chi connectivity index (χ3n) is 6.60. The molecule has 3 heterocycles. The Morgan fingerprint density at radius 2 is 1.94 bits per heavy atom. The zero-order valence-corrected chi connectivity index (χ0v) is 21.5. The SMILES string of the molecule is CCn1ncc(CN(C)C(=O)c2nc(-c3cccc(Cl)c3)nc3cc(N4CCOCC4)ccc23)c1C. The first-order valence-corrected chi connectivity index (χ1v) is 12.5. The number of rotatable bonds is 6. The second kappa shape index (κ2) is 10.2. The molecular formula is C27H29ClN6O2. The van der Waals surface area contributed by atoms with E-state index in [-0.39, 0.29) is 5.91 Å². The van der Waals surface area contributed by atoms with E-state index in [0.29, 0.717) is 36.3 Å². The van der Waals surface area contributed by atoms with Crippen LogP contribution < -0.4 is 4.90 Å². The molecule has 1 amide bonds. The highest BCUT2D eigenvalue weighted by Crippen LogP contribution is 2.28. The van der Waals surface area contributed by atoms with Gasteiger partial charge in [0.25, 0.3) is 5.91 Å². The molecule has 2 aromatic heterocycles. The van der Waals surface area contributed by atoms with Crippen LogP contribution >= 0.6 is 11.6 Å². The highest BCUT2D eigenvalue weighted by molar-refractivity contribution is 6.30. The number of carbonyl (C=O) groups excluding carboxylic acids is 1. The minimum Gasteiger partial charge on any atom is -0.378 e. The predicted molar refractivity (Wildman–Crippen MR) is 141 cm³/mol. The molecule has 0 saturated carbocycles. The number of aryl methyl sites for hydroxylation is 1. The first kappa shape index (κ1) is 24.2. The molecule has 0 N–H and O–H groups in total. The minimum atomic E-state index is -0.173. The van der Waals surface area contributed by atoms with Gasteiger partial charge in [-0.1, -0.05) is 23.7 Å². The van der Waals surface area contributed by atoms with E-state index in [2.05, 4.69) is 10.00 Å². The molecule has 0 bridgehead atoms. The number of fused-ring (bicyclic) bond motifs is 1. The molecule has 1 fully saturated rings. The Morgan fingerprint density at radius 1 is 1.14 bits per heavy atom. The van der Waals surface area contributed by atoms with Crippen molar-refractivity contribution in [3.8, 4) is 11.4 Å². The molecule has 1 aliphatic rings. The number of benzene rings is 2. The maximum absolute atomic E-state index is 13.7. The summed E-state index contributed by atoms with van der Waals surface area (Å²) in [5.41, 5.74) is 4.96. The summed E-state index contributed by atoms with van der Waals surface area (Å²) in [4.78, 5) is 27.3. The lowest BCUT2D eigenvalue weighted by atomic mass is 10.1. The van der Waals surface area contributed by atoms with E-state index in [4.69, 9.17) is 26.3 Å². The number of halogens is 1. The van der Waals surface area contributed by atoms with Gasteiger partial charge in [-0.25, -0.2) is 9.97 Å². The lowest BCUT2D eigenvalue weighted by Gasteiger charge is -2.29. The van der Waals surface area contributed by atoms with Crippen LogP contribution in [0.2, 0.25) is 5.02 Å². The van der Waals surface area contributed by atoms with E-state index in [1.165, 1.54) is 0 Å². The van der Waals surface area contributed by atoms with Crippen LogP contribution in [-0.2, 0) is 17.8 Å². The summed E-state index contributed by atoms with van der Waals surface area (Å²) in [5.74, 6) is 0.296. The summed E-state index contributed by atoms with van der Waals surface area (Å²) < 4.78 is 7.43. The molecule has 0 spiro atoms. The van der Waals surface area contributed by atoms with Crippen LogP contribution in [0.3, 0.4) is 0 Å². The van der Waals surface area contributed by atoms with Crippen molar-refractivity contribution in [1.82, 2.24) is 24.6 Å².